The van der Waals surface area contributed by atoms with Crippen molar-refractivity contribution < 1.29 is 9.59 Å². The van der Waals surface area contributed by atoms with Gasteiger partial charge in [-0.25, -0.2) is 4.98 Å². The molecule has 0 saturated carbocycles. The lowest BCUT2D eigenvalue weighted by Crippen LogP contribution is -2.44. The third kappa shape index (κ3) is 4.75. The number of nitrogens with zero attached hydrogens (tertiary/aromatic N) is 3. The van der Waals surface area contributed by atoms with E-state index in [1.165, 1.54) is 0 Å². The number of hydrogen-bond acceptors (Lipinski definition) is 5. The standard InChI is InChI=1S/C29H30N4O2S/c1-3-19(2)27(34)32-26(20-10-5-4-6-11-20)29(35)33-17-9-14-25(33)28-31-24(18-36-28)22-15-16-30-23-13-8-7-12-21(22)23/h4-8,10-13,15-16,18-19,25-26H,3,9,14,17H2,1-2H3,(H,32,34)/t19-,25+,26+/m1/s1. The van der Waals surface area contributed by atoms with Gasteiger partial charge >= 0.3 is 0 Å². The fraction of sp³-hybridized carbons (Fsp3) is 0.310. The van der Waals surface area contributed by atoms with Crippen LogP contribution in [0.2, 0.25) is 0 Å². The van der Waals surface area contributed by atoms with E-state index in [1.807, 2.05) is 79.5 Å². The van der Waals surface area contributed by atoms with Gasteiger partial charge in [0.25, 0.3) is 0 Å². The molecule has 7 heteroatoms. The first-order valence-electron chi connectivity index (χ1n) is 12.5. The van der Waals surface area contributed by atoms with E-state index in [2.05, 4.69) is 21.7 Å². The summed E-state index contributed by atoms with van der Waals surface area (Å²) in [6, 6.07) is 18.8. The summed E-state index contributed by atoms with van der Waals surface area (Å²) in [5.74, 6) is -0.335. The zero-order valence-electron chi connectivity index (χ0n) is 20.6. The number of nitrogens with one attached hydrogen (secondary N) is 1. The first-order valence-corrected chi connectivity index (χ1v) is 13.4. The maximum absolute atomic E-state index is 13.9. The van der Waals surface area contributed by atoms with Gasteiger partial charge in [-0.15, -0.1) is 11.3 Å². The molecule has 1 fully saturated rings. The molecule has 6 nitrogen and oxygen atoms in total. The summed E-state index contributed by atoms with van der Waals surface area (Å²) >= 11 is 1.59. The Morgan fingerprint density at radius 1 is 1.11 bits per heavy atom. The monoisotopic (exact) mass is 498 g/mol. The van der Waals surface area contributed by atoms with Crippen LogP contribution in [-0.4, -0.2) is 33.2 Å². The van der Waals surface area contributed by atoms with Crippen molar-refractivity contribution in [3.05, 3.63) is 82.8 Å². The van der Waals surface area contributed by atoms with Gasteiger partial charge in [-0.2, -0.15) is 0 Å². The van der Waals surface area contributed by atoms with Crippen molar-refractivity contribution in [1.29, 1.82) is 0 Å². The predicted octanol–water partition coefficient (Wildman–Crippen LogP) is 5.93. The molecule has 1 aliphatic rings. The van der Waals surface area contributed by atoms with Gasteiger partial charge in [-0.05, 0) is 37.0 Å². The van der Waals surface area contributed by atoms with Crippen LogP contribution >= 0.6 is 11.3 Å². The maximum atomic E-state index is 13.9. The number of para-hydroxylation sites is 1. The Kier molecular flexibility index (Phi) is 7.09. The molecule has 1 saturated heterocycles. The smallest absolute Gasteiger partial charge is 0.250 e. The number of thiazole rings is 1. The van der Waals surface area contributed by atoms with Gasteiger partial charge in [0.1, 0.15) is 11.0 Å². The van der Waals surface area contributed by atoms with E-state index in [0.29, 0.717) is 6.54 Å². The lowest BCUT2D eigenvalue weighted by atomic mass is 10.0. The fourth-order valence-electron chi connectivity index (χ4n) is 4.74. The summed E-state index contributed by atoms with van der Waals surface area (Å²) in [6.45, 7) is 4.52. The summed E-state index contributed by atoms with van der Waals surface area (Å²) < 4.78 is 0. The lowest BCUT2D eigenvalue weighted by molar-refractivity contribution is -0.138. The van der Waals surface area contributed by atoms with Crippen LogP contribution in [0.25, 0.3) is 22.2 Å². The molecule has 5 rings (SSSR count). The third-order valence-electron chi connectivity index (χ3n) is 6.99. The van der Waals surface area contributed by atoms with Gasteiger partial charge < -0.3 is 10.2 Å². The number of fused-ring (bicyclic) bond motifs is 1. The lowest BCUT2D eigenvalue weighted by Gasteiger charge is -2.29. The highest BCUT2D eigenvalue weighted by Gasteiger charge is 2.37. The van der Waals surface area contributed by atoms with Crippen LogP contribution < -0.4 is 5.32 Å². The van der Waals surface area contributed by atoms with Gasteiger partial charge in [-0.3, -0.25) is 14.6 Å². The summed E-state index contributed by atoms with van der Waals surface area (Å²) in [5.41, 5.74) is 3.68. The molecule has 184 valence electrons. The number of benzene rings is 2. The largest absolute Gasteiger partial charge is 0.340 e. The zero-order chi connectivity index (χ0) is 25.1. The molecule has 0 aliphatic carbocycles. The molecule has 2 amide bonds. The van der Waals surface area contributed by atoms with Crippen LogP contribution in [-0.2, 0) is 9.59 Å². The maximum Gasteiger partial charge on any atom is 0.250 e. The zero-order valence-corrected chi connectivity index (χ0v) is 21.4. The van der Waals surface area contributed by atoms with Crippen molar-refractivity contribution in [2.45, 2.75) is 45.2 Å². The van der Waals surface area contributed by atoms with E-state index >= 15 is 0 Å². The number of hydrogen-bond donors (Lipinski definition) is 1. The van der Waals surface area contributed by atoms with Crippen molar-refractivity contribution in [3.8, 4) is 11.3 Å². The van der Waals surface area contributed by atoms with Gasteiger partial charge in [-0.1, -0.05) is 62.4 Å². The highest BCUT2D eigenvalue weighted by molar-refractivity contribution is 7.10. The Morgan fingerprint density at radius 2 is 1.89 bits per heavy atom. The van der Waals surface area contributed by atoms with E-state index in [-0.39, 0.29) is 23.8 Å². The third-order valence-corrected chi connectivity index (χ3v) is 7.94. The highest BCUT2D eigenvalue weighted by Crippen LogP contribution is 2.38. The van der Waals surface area contributed by atoms with Crippen molar-refractivity contribution >= 4 is 34.1 Å². The molecule has 2 aromatic carbocycles. The van der Waals surface area contributed by atoms with Crippen molar-refractivity contribution in [1.82, 2.24) is 20.2 Å². The number of likely N-dealkylation sites (tertiary alicyclic amines) is 1. The SMILES string of the molecule is CC[C@@H](C)C(=O)N[C@H](C(=O)N1CCC[C@H]1c1nc(-c2ccnc3ccccc23)cs1)c1ccccc1. The minimum atomic E-state index is -0.711. The first kappa shape index (κ1) is 24.1. The van der Waals surface area contributed by atoms with E-state index in [1.54, 1.807) is 11.3 Å². The van der Waals surface area contributed by atoms with Crippen LogP contribution in [0.4, 0.5) is 0 Å². The summed E-state index contributed by atoms with van der Waals surface area (Å²) in [7, 11) is 0. The average molecular weight is 499 g/mol. The van der Waals surface area contributed by atoms with E-state index in [0.717, 1.165) is 52.0 Å². The van der Waals surface area contributed by atoms with Crippen molar-refractivity contribution in [3.63, 3.8) is 0 Å². The number of pyridine rings is 1. The van der Waals surface area contributed by atoms with Crippen LogP contribution in [0, 0.1) is 5.92 Å². The van der Waals surface area contributed by atoms with E-state index < -0.39 is 6.04 Å². The molecule has 3 heterocycles. The Hall–Kier alpha value is -3.58. The van der Waals surface area contributed by atoms with Crippen LogP contribution in [0.3, 0.4) is 0 Å². The van der Waals surface area contributed by atoms with Gasteiger partial charge in [0.15, 0.2) is 0 Å². The highest BCUT2D eigenvalue weighted by atomic mass is 32.1. The topological polar surface area (TPSA) is 75.2 Å². The number of rotatable bonds is 7. The summed E-state index contributed by atoms with van der Waals surface area (Å²) in [4.78, 5) is 38.1. The minimum absolute atomic E-state index is 0.0773. The normalized spacial score (nSPS) is 17.2. The number of aromatic nitrogens is 2. The average Bonchev–Trinajstić information content (AvgIpc) is 3.61. The molecule has 1 aliphatic heterocycles. The minimum Gasteiger partial charge on any atom is -0.340 e. The van der Waals surface area contributed by atoms with Gasteiger partial charge in [0, 0.05) is 35.0 Å². The Morgan fingerprint density at radius 3 is 2.69 bits per heavy atom. The molecular weight excluding hydrogens is 468 g/mol. The van der Waals surface area contributed by atoms with Crippen molar-refractivity contribution in [2.75, 3.05) is 6.54 Å². The van der Waals surface area contributed by atoms with Crippen LogP contribution in [0.1, 0.15) is 55.8 Å². The molecule has 0 radical (unpaired) electrons. The molecular formula is C29H30N4O2S. The quantitative estimate of drug-likeness (QED) is 0.343. The molecule has 0 bridgehead atoms. The predicted molar refractivity (Wildman–Crippen MR) is 143 cm³/mol. The summed E-state index contributed by atoms with van der Waals surface area (Å²) in [6.07, 6.45) is 4.30. The molecule has 1 N–H and O–H groups in total. The second-order valence-corrected chi connectivity index (χ2v) is 10.2. The van der Waals surface area contributed by atoms with E-state index in [9.17, 15) is 9.59 Å². The summed E-state index contributed by atoms with van der Waals surface area (Å²) in [5, 5.41) is 7.09. The van der Waals surface area contributed by atoms with Gasteiger partial charge in [0.05, 0.1) is 17.3 Å². The molecule has 4 aromatic rings. The first-order chi connectivity index (χ1) is 17.6. The fourth-order valence-corrected chi connectivity index (χ4v) is 5.70. The number of carbonyl (C=O) groups excluding carboxylic acids is 2. The number of amides is 2. The second kappa shape index (κ2) is 10.6. The van der Waals surface area contributed by atoms with Crippen molar-refractivity contribution in [2.24, 2.45) is 5.92 Å². The Labute approximate surface area is 215 Å². The number of carbonyl (C=O) groups is 2. The van der Waals surface area contributed by atoms with E-state index in [4.69, 9.17) is 4.98 Å². The van der Waals surface area contributed by atoms with Gasteiger partial charge in [0.2, 0.25) is 11.8 Å². The molecule has 36 heavy (non-hydrogen) atoms. The van der Waals surface area contributed by atoms with Crippen LogP contribution in [0.15, 0.2) is 72.2 Å². The Bertz CT molecular complexity index is 1360. The Balaban J connectivity index is 1.43. The molecule has 0 unspecified atom stereocenters. The molecule has 3 atom stereocenters. The second-order valence-electron chi connectivity index (χ2n) is 9.30. The van der Waals surface area contributed by atoms with Crippen LogP contribution in [0.5, 0.6) is 0 Å². The molecule has 0 spiro atoms. The molecule has 2 aromatic heterocycles.